The highest BCUT2D eigenvalue weighted by Crippen LogP contribution is 2.14. The summed E-state index contributed by atoms with van der Waals surface area (Å²) in [5.41, 5.74) is 0.834. The molecule has 23 heavy (non-hydrogen) atoms. The topological polar surface area (TPSA) is 76.0 Å². The molecule has 1 aliphatic rings. The van der Waals surface area contributed by atoms with Crippen LogP contribution in [0.1, 0.15) is 12.8 Å². The van der Waals surface area contributed by atoms with Crippen LogP contribution in [0.25, 0.3) is 5.69 Å². The summed E-state index contributed by atoms with van der Waals surface area (Å²) < 4.78 is 28.8. The normalized spacial score (nSPS) is 17.8. The molecule has 2 N–H and O–H groups in total. The van der Waals surface area contributed by atoms with Crippen molar-refractivity contribution in [2.24, 2.45) is 5.92 Å². The molecule has 0 spiro atoms. The minimum absolute atomic E-state index is 0. The number of hydrogen-bond donors (Lipinski definition) is 2. The molecule has 1 atom stereocenters. The SMILES string of the molecule is Cl.O=S(=O)(NCCC1CCNC1)c1cnn(-c2ccccc2)c1. The zero-order valence-corrected chi connectivity index (χ0v) is 14.3. The Bertz CT molecular complexity index is 712. The first-order valence-electron chi connectivity index (χ1n) is 7.46. The van der Waals surface area contributed by atoms with Crippen LogP contribution in [0.15, 0.2) is 47.6 Å². The predicted molar refractivity (Wildman–Crippen MR) is 91.6 cm³/mol. The largest absolute Gasteiger partial charge is 0.316 e. The zero-order valence-electron chi connectivity index (χ0n) is 12.7. The van der Waals surface area contributed by atoms with Crippen LogP contribution in [0.4, 0.5) is 0 Å². The maximum atomic E-state index is 12.3. The van der Waals surface area contributed by atoms with E-state index in [4.69, 9.17) is 0 Å². The third-order valence-electron chi connectivity index (χ3n) is 3.90. The van der Waals surface area contributed by atoms with Crippen molar-refractivity contribution >= 4 is 22.4 Å². The van der Waals surface area contributed by atoms with Gasteiger partial charge in [-0.3, -0.25) is 0 Å². The lowest BCUT2D eigenvalue weighted by atomic mass is 10.1. The first-order chi connectivity index (χ1) is 10.6. The highest BCUT2D eigenvalue weighted by Gasteiger charge is 2.19. The summed E-state index contributed by atoms with van der Waals surface area (Å²) in [6, 6.07) is 9.44. The van der Waals surface area contributed by atoms with Crippen molar-refractivity contribution in [2.75, 3.05) is 19.6 Å². The van der Waals surface area contributed by atoms with Gasteiger partial charge in [-0.1, -0.05) is 18.2 Å². The molecular weight excluding hydrogens is 336 g/mol. The maximum Gasteiger partial charge on any atom is 0.243 e. The van der Waals surface area contributed by atoms with Crippen LogP contribution in [0.2, 0.25) is 0 Å². The molecular formula is C15H21ClN4O2S. The van der Waals surface area contributed by atoms with Gasteiger partial charge in [0, 0.05) is 6.54 Å². The van der Waals surface area contributed by atoms with Crippen LogP contribution in [-0.2, 0) is 10.0 Å². The molecule has 1 unspecified atom stereocenters. The summed E-state index contributed by atoms with van der Waals surface area (Å²) in [6.45, 7) is 2.47. The van der Waals surface area contributed by atoms with Gasteiger partial charge in [0.15, 0.2) is 0 Å². The molecule has 0 bridgehead atoms. The van der Waals surface area contributed by atoms with Gasteiger partial charge in [-0.25, -0.2) is 17.8 Å². The molecule has 2 aromatic rings. The van der Waals surface area contributed by atoms with Crippen molar-refractivity contribution in [1.29, 1.82) is 0 Å². The lowest BCUT2D eigenvalue weighted by Crippen LogP contribution is -2.26. The number of benzene rings is 1. The average molecular weight is 357 g/mol. The Morgan fingerprint density at radius 2 is 2.09 bits per heavy atom. The second-order valence-electron chi connectivity index (χ2n) is 5.50. The van der Waals surface area contributed by atoms with Crippen LogP contribution in [0.3, 0.4) is 0 Å². The Morgan fingerprint density at radius 3 is 2.78 bits per heavy atom. The fourth-order valence-electron chi connectivity index (χ4n) is 2.61. The van der Waals surface area contributed by atoms with E-state index < -0.39 is 10.0 Å². The molecule has 1 aromatic heterocycles. The third kappa shape index (κ3) is 4.54. The number of hydrogen-bond acceptors (Lipinski definition) is 4. The van der Waals surface area contributed by atoms with E-state index in [1.54, 1.807) is 4.68 Å². The van der Waals surface area contributed by atoms with Gasteiger partial charge in [-0.15, -0.1) is 12.4 Å². The number of halogens is 1. The number of para-hydroxylation sites is 1. The summed E-state index contributed by atoms with van der Waals surface area (Å²) >= 11 is 0. The second kappa shape index (κ2) is 7.92. The minimum Gasteiger partial charge on any atom is -0.316 e. The Balaban J connectivity index is 0.00000192. The van der Waals surface area contributed by atoms with Gasteiger partial charge in [-0.2, -0.15) is 5.10 Å². The van der Waals surface area contributed by atoms with Crippen molar-refractivity contribution in [3.05, 3.63) is 42.7 Å². The third-order valence-corrected chi connectivity index (χ3v) is 5.31. The van der Waals surface area contributed by atoms with Gasteiger partial charge in [0.05, 0.1) is 18.1 Å². The van der Waals surface area contributed by atoms with E-state index in [-0.39, 0.29) is 17.3 Å². The summed E-state index contributed by atoms with van der Waals surface area (Å²) in [4.78, 5) is 0.195. The molecule has 3 rings (SSSR count). The number of rotatable bonds is 6. The van der Waals surface area contributed by atoms with Crippen LogP contribution in [0, 0.1) is 5.92 Å². The van der Waals surface area contributed by atoms with E-state index in [1.165, 1.54) is 12.4 Å². The van der Waals surface area contributed by atoms with E-state index in [0.717, 1.165) is 31.6 Å². The van der Waals surface area contributed by atoms with Gasteiger partial charge in [0.1, 0.15) is 4.90 Å². The average Bonchev–Trinajstić information content (AvgIpc) is 3.20. The highest BCUT2D eigenvalue weighted by atomic mass is 35.5. The van der Waals surface area contributed by atoms with Crippen LogP contribution < -0.4 is 10.0 Å². The first-order valence-corrected chi connectivity index (χ1v) is 8.94. The van der Waals surface area contributed by atoms with Crippen molar-refractivity contribution in [1.82, 2.24) is 19.8 Å². The van der Waals surface area contributed by atoms with Gasteiger partial charge in [0.25, 0.3) is 0 Å². The lowest BCUT2D eigenvalue weighted by Gasteiger charge is -2.08. The van der Waals surface area contributed by atoms with Crippen molar-refractivity contribution in [2.45, 2.75) is 17.7 Å². The quantitative estimate of drug-likeness (QED) is 0.823. The molecule has 0 radical (unpaired) electrons. The first kappa shape index (κ1) is 17.9. The summed E-state index contributed by atoms with van der Waals surface area (Å²) in [7, 11) is -3.49. The van der Waals surface area contributed by atoms with E-state index in [9.17, 15) is 8.42 Å². The highest BCUT2D eigenvalue weighted by molar-refractivity contribution is 7.89. The Morgan fingerprint density at radius 1 is 1.30 bits per heavy atom. The van der Waals surface area contributed by atoms with E-state index in [2.05, 4.69) is 15.1 Å². The van der Waals surface area contributed by atoms with Crippen LogP contribution in [0.5, 0.6) is 0 Å². The molecule has 1 fully saturated rings. The van der Waals surface area contributed by atoms with E-state index in [1.807, 2.05) is 30.3 Å². The van der Waals surface area contributed by atoms with E-state index in [0.29, 0.717) is 12.5 Å². The molecule has 0 amide bonds. The number of nitrogens with one attached hydrogen (secondary N) is 2. The Labute approximate surface area is 142 Å². The fraction of sp³-hybridized carbons (Fsp3) is 0.400. The molecule has 1 aromatic carbocycles. The molecule has 0 aliphatic carbocycles. The lowest BCUT2D eigenvalue weighted by molar-refractivity contribution is 0.519. The Kier molecular flexibility index (Phi) is 6.17. The second-order valence-corrected chi connectivity index (χ2v) is 7.27. The van der Waals surface area contributed by atoms with E-state index >= 15 is 0 Å². The number of sulfonamides is 1. The summed E-state index contributed by atoms with van der Waals surface area (Å²) in [5.74, 6) is 0.565. The van der Waals surface area contributed by atoms with Gasteiger partial charge in [-0.05, 0) is 44.0 Å². The van der Waals surface area contributed by atoms with Crippen molar-refractivity contribution < 1.29 is 8.42 Å². The predicted octanol–water partition coefficient (Wildman–Crippen LogP) is 1.57. The summed E-state index contributed by atoms with van der Waals surface area (Å²) in [6.07, 6.45) is 4.90. The molecule has 1 aliphatic heterocycles. The molecule has 1 saturated heterocycles. The molecule has 126 valence electrons. The van der Waals surface area contributed by atoms with Crippen molar-refractivity contribution in [3.63, 3.8) is 0 Å². The maximum absolute atomic E-state index is 12.3. The standard InChI is InChI=1S/C15H20N4O2S.ClH/c20-22(21,18-9-7-13-6-8-16-10-13)15-11-17-19(12-15)14-4-2-1-3-5-14;/h1-5,11-13,16,18H,6-10H2;1H. The molecule has 6 nitrogen and oxygen atoms in total. The van der Waals surface area contributed by atoms with Gasteiger partial charge < -0.3 is 5.32 Å². The van der Waals surface area contributed by atoms with Gasteiger partial charge in [0.2, 0.25) is 10.0 Å². The molecule has 0 saturated carbocycles. The number of nitrogens with zero attached hydrogens (tertiary/aromatic N) is 2. The minimum atomic E-state index is -3.49. The summed E-state index contributed by atoms with van der Waals surface area (Å²) in [5, 5.41) is 7.41. The van der Waals surface area contributed by atoms with Crippen LogP contribution >= 0.6 is 12.4 Å². The molecule has 8 heteroatoms. The zero-order chi connectivity index (χ0) is 15.4. The fourth-order valence-corrected chi connectivity index (χ4v) is 3.59. The van der Waals surface area contributed by atoms with Gasteiger partial charge >= 0.3 is 0 Å². The molecule has 2 heterocycles. The van der Waals surface area contributed by atoms with Crippen molar-refractivity contribution in [3.8, 4) is 5.69 Å². The number of aromatic nitrogens is 2. The van der Waals surface area contributed by atoms with Crippen LogP contribution in [-0.4, -0.2) is 37.8 Å². The monoisotopic (exact) mass is 356 g/mol. The Hall–Kier alpha value is -1.41. The smallest absolute Gasteiger partial charge is 0.243 e.